The van der Waals surface area contributed by atoms with Crippen molar-refractivity contribution in [1.29, 1.82) is 0 Å². The van der Waals surface area contributed by atoms with Gasteiger partial charge in [0.1, 0.15) is 13.2 Å². The van der Waals surface area contributed by atoms with Gasteiger partial charge < -0.3 is 14.8 Å². The molecular weight excluding hydrogens is 338 g/mol. The summed E-state index contributed by atoms with van der Waals surface area (Å²) in [5.41, 5.74) is 5.15. The molecule has 5 rings (SSSR count). The van der Waals surface area contributed by atoms with Crippen LogP contribution in [0.5, 0.6) is 11.5 Å². The Labute approximate surface area is 159 Å². The van der Waals surface area contributed by atoms with E-state index in [9.17, 15) is 4.79 Å². The molecule has 0 fully saturated rings. The summed E-state index contributed by atoms with van der Waals surface area (Å²) in [6, 6.07) is 14.4. The third kappa shape index (κ3) is 2.71. The van der Waals surface area contributed by atoms with Crippen molar-refractivity contribution in [3.05, 3.63) is 64.9 Å². The van der Waals surface area contributed by atoms with E-state index in [1.54, 1.807) is 0 Å². The van der Waals surface area contributed by atoms with E-state index in [4.69, 9.17) is 9.47 Å². The SMILES string of the molecule is CC1(C)CC(=O)C2=C(C1)Nc1cc3c(cc1C2c1ccccc1)OCCO3. The van der Waals surface area contributed by atoms with Gasteiger partial charge in [0.25, 0.3) is 0 Å². The molecule has 2 heterocycles. The predicted molar refractivity (Wildman–Crippen MR) is 104 cm³/mol. The van der Waals surface area contributed by atoms with Crippen LogP contribution in [0.2, 0.25) is 0 Å². The van der Waals surface area contributed by atoms with Crippen molar-refractivity contribution >= 4 is 11.5 Å². The minimum Gasteiger partial charge on any atom is -0.486 e. The summed E-state index contributed by atoms with van der Waals surface area (Å²) in [5.74, 6) is 1.69. The molecule has 1 unspecified atom stereocenters. The lowest BCUT2D eigenvalue weighted by Crippen LogP contribution is -2.34. The van der Waals surface area contributed by atoms with Crippen molar-refractivity contribution in [2.75, 3.05) is 18.5 Å². The minimum atomic E-state index is -0.0723. The van der Waals surface area contributed by atoms with E-state index >= 15 is 0 Å². The molecule has 0 bridgehead atoms. The molecule has 0 saturated heterocycles. The fourth-order valence-corrected chi connectivity index (χ4v) is 4.54. The largest absolute Gasteiger partial charge is 0.486 e. The molecular formula is C23H23NO3. The summed E-state index contributed by atoms with van der Waals surface area (Å²) in [7, 11) is 0. The van der Waals surface area contributed by atoms with Crippen LogP contribution in [0.25, 0.3) is 0 Å². The molecule has 0 saturated carbocycles. The van der Waals surface area contributed by atoms with Crippen LogP contribution in [0.4, 0.5) is 5.69 Å². The molecule has 2 aromatic rings. The van der Waals surface area contributed by atoms with Crippen molar-refractivity contribution in [1.82, 2.24) is 0 Å². The number of ketones is 1. The van der Waals surface area contributed by atoms with Crippen LogP contribution in [-0.4, -0.2) is 19.0 Å². The molecule has 1 N–H and O–H groups in total. The monoisotopic (exact) mass is 361 g/mol. The highest BCUT2D eigenvalue weighted by Gasteiger charge is 2.41. The maximum Gasteiger partial charge on any atom is 0.163 e. The molecule has 27 heavy (non-hydrogen) atoms. The van der Waals surface area contributed by atoms with Crippen molar-refractivity contribution < 1.29 is 14.3 Å². The second-order valence-electron chi connectivity index (χ2n) is 8.38. The van der Waals surface area contributed by atoms with Gasteiger partial charge in [-0.15, -0.1) is 0 Å². The van der Waals surface area contributed by atoms with Gasteiger partial charge in [0.05, 0.1) is 0 Å². The molecule has 0 aromatic heterocycles. The molecule has 2 aliphatic heterocycles. The Morgan fingerprint density at radius 2 is 1.70 bits per heavy atom. The van der Waals surface area contributed by atoms with Gasteiger partial charge in [-0.1, -0.05) is 44.2 Å². The number of hydrogen-bond donors (Lipinski definition) is 1. The fourth-order valence-electron chi connectivity index (χ4n) is 4.54. The van der Waals surface area contributed by atoms with Crippen LogP contribution < -0.4 is 14.8 Å². The van der Waals surface area contributed by atoms with Gasteiger partial charge in [-0.3, -0.25) is 4.79 Å². The van der Waals surface area contributed by atoms with Crippen LogP contribution in [0.3, 0.4) is 0 Å². The maximum absolute atomic E-state index is 13.2. The number of rotatable bonds is 1. The van der Waals surface area contributed by atoms with Gasteiger partial charge >= 0.3 is 0 Å². The van der Waals surface area contributed by atoms with Gasteiger partial charge in [0.15, 0.2) is 17.3 Å². The van der Waals surface area contributed by atoms with E-state index in [0.29, 0.717) is 19.6 Å². The number of nitrogens with one attached hydrogen (secondary N) is 1. The number of anilines is 1. The lowest BCUT2D eigenvalue weighted by Gasteiger charge is -2.40. The molecule has 1 aliphatic carbocycles. The number of Topliss-reactive ketones (excluding diaryl/α,β-unsaturated/α-hetero) is 1. The zero-order valence-corrected chi connectivity index (χ0v) is 15.7. The van der Waals surface area contributed by atoms with E-state index in [-0.39, 0.29) is 17.1 Å². The van der Waals surface area contributed by atoms with E-state index < -0.39 is 0 Å². The lowest BCUT2D eigenvalue weighted by molar-refractivity contribution is -0.118. The molecule has 2 aromatic carbocycles. The number of ether oxygens (including phenoxy) is 2. The lowest BCUT2D eigenvalue weighted by atomic mass is 9.68. The molecule has 4 heteroatoms. The van der Waals surface area contributed by atoms with Gasteiger partial charge in [-0.05, 0) is 29.0 Å². The molecule has 0 amide bonds. The molecule has 1 atom stereocenters. The fraction of sp³-hybridized carbons (Fsp3) is 0.348. The normalized spacial score (nSPS) is 22.6. The van der Waals surface area contributed by atoms with Crippen LogP contribution in [0.1, 0.15) is 43.7 Å². The highest BCUT2D eigenvalue weighted by molar-refractivity contribution is 6.01. The third-order valence-corrected chi connectivity index (χ3v) is 5.65. The summed E-state index contributed by atoms with van der Waals surface area (Å²) >= 11 is 0. The summed E-state index contributed by atoms with van der Waals surface area (Å²) < 4.78 is 11.6. The Bertz CT molecular complexity index is 959. The summed E-state index contributed by atoms with van der Waals surface area (Å²) in [6.45, 7) is 5.43. The van der Waals surface area contributed by atoms with Crippen LogP contribution in [-0.2, 0) is 4.79 Å². The smallest absolute Gasteiger partial charge is 0.163 e. The van der Waals surface area contributed by atoms with Crippen molar-refractivity contribution in [3.8, 4) is 11.5 Å². The minimum absolute atomic E-state index is 0.0323. The maximum atomic E-state index is 13.2. The predicted octanol–water partition coefficient (Wildman–Crippen LogP) is 4.66. The number of carbonyl (C=O) groups is 1. The van der Waals surface area contributed by atoms with Crippen LogP contribution in [0, 0.1) is 5.41 Å². The average Bonchev–Trinajstić information content (AvgIpc) is 2.64. The van der Waals surface area contributed by atoms with Crippen LogP contribution in [0.15, 0.2) is 53.7 Å². The van der Waals surface area contributed by atoms with E-state index in [1.807, 2.05) is 30.3 Å². The number of allylic oxidation sites excluding steroid dienone is 2. The molecule has 3 aliphatic rings. The van der Waals surface area contributed by atoms with E-state index in [1.165, 1.54) is 0 Å². The Morgan fingerprint density at radius 1 is 1.00 bits per heavy atom. The Balaban J connectivity index is 1.72. The third-order valence-electron chi connectivity index (χ3n) is 5.65. The van der Waals surface area contributed by atoms with Gasteiger partial charge in [-0.25, -0.2) is 0 Å². The molecule has 0 spiro atoms. The number of benzene rings is 2. The van der Waals surface area contributed by atoms with E-state index in [0.717, 1.165) is 46.0 Å². The number of carbonyl (C=O) groups excluding carboxylic acids is 1. The van der Waals surface area contributed by atoms with Crippen molar-refractivity contribution in [3.63, 3.8) is 0 Å². The summed E-state index contributed by atoms with van der Waals surface area (Å²) in [6.07, 6.45) is 1.45. The summed E-state index contributed by atoms with van der Waals surface area (Å²) in [4.78, 5) is 13.2. The first-order valence-electron chi connectivity index (χ1n) is 9.54. The zero-order chi connectivity index (χ0) is 18.6. The van der Waals surface area contributed by atoms with Crippen molar-refractivity contribution in [2.45, 2.75) is 32.6 Å². The average molecular weight is 361 g/mol. The Kier molecular flexibility index (Phi) is 3.58. The number of hydrogen-bond acceptors (Lipinski definition) is 4. The van der Waals surface area contributed by atoms with Crippen molar-refractivity contribution in [2.24, 2.45) is 5.41 Å². The first-order chi connectivity index (χ1) is 13.0. The highest BCUT2D eigenvalue weighted by atomic mass is 16.6. The quantitative estimate of drug-likeness (QED) is 0.803. The second kappa shape index (κ2) is 5.88. The first kappa shape index (κ1) is 16.4. The zero-order valence-electron chi connectivity index (χ0n) is 15.7. The molecule has 0 radical (unpaired) electrons. The Hall–Kier alpha value is -2.75. The topological polar surface area (TPSA) is 47.6 Å². The second-order valence-corrected chi connectivity index (χ2v) is 8.38. The molecule has 4 nitrogen and oxygen atoms in total. The molecule has 138 valence electrons. The van der Waals surface area contributed by atoms with Gasteiger partial charge in [0, 0.05) is 35.4 Å². The van der Waals surface area contributed by atoms with E-state index in [2.05, 4.69) is 31.3 Å². The highest BCUT2D eigenvalue weighted by Crippen LogP contribution is 2.51. The number of fused-ring (bicyclic) bond motifs is 2. The Morgan fingerprint density at radius 3 is 2.44 bits per heavy atom. The van der Waals surface area contributed by atoms with Crippen LogP contribution >= 0.6 is 0 Å². The summed E-state index contributed by atoms with van der Waals surface area (Å²) in [5, 5.41) is 3.56. The standard InChI is InChI=1S/C23H23NO3/c1-23(2)12-17-22(18(25)13-23)21(14-6-4-3-5-7-14)15-10-19-20(11-16(15)24-17)27-9-8-26-19/h3-7,10-11,21,24H,8-9,12-13H2,1-2H3. The van der Waals surface area contributed by atoms with Gasteiger partial charge in [-0.2, -0.15) is 0 Å². The first-order valence-corrected chi connectivity index (χ1v) is 9.54. The van der Waals surface area contributed by atoms with Gasteiger partial charge in [0.2, 0.25) is 0 Å².